The maximum atomic E-state index is 12.8. The van der Waals surface area contributed by atoms with E-state index in [0.29, 0.717) is 12.5 Å². The second kappa shape index (κ2) is 10.9. The van der Waals surface area contributed by atoms with E-state index < -0.39 is 0 Å². The summed E-state index contributed by atoms with van der Waals surface area (Å²) in [6.45, 7) is 8.23. The molecular weight excluding hydrogens is 398 g/mol. The molecule has 1 amide bonds. The van der Waals surface area contributed by atoms with Crippen LogP contribution in [0.1, 0.15) is 37.3 Å². The third-order valence-corrected chi connectivity index (χ3v) is 7.05. The van der Waals surface area contributed by atoms with Crippen LogP contribution in [0, 0.1) is 0 Å². The zero-order valence-electron chi connectivity index (χ0n) is 19.6. The van der Waals surface area contributed by atoms with E-state index in [2.05, 4.69) is 57.2 Å². The van der Waals surface area contributed by atoms with E-state index in [0.717, 1.165) is 70.7 Å². The van der Waals surface area contributed by atoms with E-state index >= 15 is 0 Å². The molecule has 2 aromatic carbocycles. The molecule has 1 saturated heterocycles. The highest BCUT2D eigenvalue weighted by Gasteiger charge is 2.27. The lowest BCUT2D eigenvalue weighted by Gasteiger charge is -2.38. The predicted octanol–water partition coefficient (Wildman–Crippen LogP) is 4.00. The minimum absolute atomic E-state index is 0.287. The van der Waals surface area contributed by atoms with Crippen LogP contribution in [-0.4, -0.2) is 68.1 Å². The molecule has 1 aliphatic carbocycles. The van der Waals surface area contributed by atoms with Crippen LogP contribution in [-0.2, 0) is 17.6 Å². The molecule has 5 nitrogen and oxygen atoms in total. The Morgan fingerprint density at radius 2 is 1.84 bits per heavy atom. The van der Waals surface area contributed by atoms with Gasteiger partial charge in [0.1, 0.15) is 5.75 Å². The van der Waals surface area contributed by atoms with E-state index in [9.17, 15) is 4.79 Å². The number of anilines is 1. The Morgan fingerprint density at radius 1 is 1.06 bits per heavy atom. The lowest BCUT2D eigenvalue weighted by Crippen LogP contribution is -2.48. The van der Waals surface area contributed by atoms with E-state index in [1.807, 2.05) is 13.0 Å². The number of hydrogen-bond acceptors (Lipinski definition) is 4. The van der Waals surface area contributed by atoms with Crippen molar-refractivity contribution < 1.29 is 9.53 Å². The molecule has 2 aromatic rings. The van der Waals surface area contributed by atoms with Crippen LogP contribution in [0.25, 0.3) is 0 Å². The van der Waals surface area contributed by atoms with Crippen molar-refractivity contribution in [2.45, 2.75) is 45.1 Å². The minimum Gasteiger partial charge on any atom is -0.497 e. The number of carbonyl (C=O) groups excluding carboxylic acids is 1. The second-order valence-corrected chi connectivity index (χ2v) is 8.99. The van der Waals surface area contributed by atoms with Gasteiger partial charge in [-0.3, -0.25) is 9.69 Å². The van der Waals surface area contributed by atoms with E-state index in [4.69, 9.17) is 4.74 Å². The van der Waals surface area contributed by atoms with E-state index in [-0.39, 0.29) is 5.91 Å². The molecule has 0 bridgehead atoms. The molecule has 172 valence electrons. The van der Waals surface area contributed by atoms with Crippen molar-refractivity contribution >= 4 is 11.6 Å². The van der Waals surface area contributed by atoms with Crippen molar-refractivity contribution in [3.05, 3.63) is 59.7 Å². The van der Waals surface area contributed by atoms with Gasteiger partial charge in [0.2, 0.25) is 5.91 Å². The molecule has 2 aliphatic rings. The first-order chi connectivity index (χ1) is 15.7. The third kappa shape index (κ3) is 5.44. The molecule has 5 heteroatoms. The molecule has 1 fully saturated rings. The van der Waals surface area contributed by atoms with Crippen molar-refractivity contribution in [2.75, 3.05) is 51.3 Å². The number of rotatable bonds is 8. The zero-order chi connectivity index (χ0) is 22.3. The minimum atomic E-state index is 0.287. The normalized spacial score (nSPS) is 18.8. The van der Waals surface area contributed by atoms with Gasteiger partial charge in [0.25, 0.3) is 0 Å². The maximum absolute atomic E-state index is 12.8. The SMILES string of the molecule is CCC(=O)N(CCCN1CCN(c2ccccc2)CC1)C1CCc2ccc(OC)cc2C1. The smallest absolute Gasteiger partial charge is 0.222 e. The number of aryl methyl sites for hydroxylation is 1. The molecule has 1 heterocycles. The first-order valence-corrected chi connectivity index (χ1v) is 12.2. The molecule has 0 aromatic heterocycles. The molecule has 32 heavy (non-hydrogen) atoms. The van der Waals surface area contributed by atoms with Gasteiger partial charge in [-0.25, -0.2) is 0 Å². The summed E-state index contributed by atoms with van der Waals surface area (Å²) in [5, 5.41) is 0. The Kier molecular flexibility index (Phi) is 7.69. The number of carbonyl (C=O) groups is 1. The Labute approximate surface area is 193 Å². The number of nitrogens with zero attached hydrogens (tertiary/aromatic N) is 3. The van der Waals surface area contributed by atoms with Gasteiger partial charge >= 0.3 is 0 Å². The summed E-state index contributed by atoms with van der Waals surface area (Å²) in [6.07, 6.45) is 4.66. The molecule has 1 aliphatic heterocycles. The number of benzene rings is 2. The lowest BCUT2D eigenvalue weighted by molar-refractivity contribution is -0.133. The van der Waals surface area contributed by atoms with Crippen LogP contribution in [0.15, 0.2) is 48.5 Å². The Morgan fingerprint density at radius 3 is 2.56 bits per heavy atom. The quantitative estimate of drug-likeness (QED) is 0.628. The number of piperazine rings is 1. The van der Waals surface area contributed by atoms with Gasteiger partial charge in [-0.05, 0) is 67.6 Å². The standard InChI is InChI=1S/C27H37N3O2/c1-3-27(31)30(25-12-10-22-11-13-26(32-2)21-23(22)20-25)15-7-14-28-16-18-29(19-17-28)24-8-5-4-6-9-24/h4-6,8-9,11,13,21,25H,3,7,10,12,14-20H2,1-2H3. The molecule has 4 rings (SSSR count). The fourth-order valence-corrected chi connectivity index (χ4v) is 5.15. The largest absolute Gasteiger partial charge is 0.497 e. The zero-order valence-corrected chi connectivity index (χ0v) is 19.6. The van der Waals surface area contributed by atoms with Crippen LogP contribution in [0.3, 0.4) is 0 Å². The summed E-state index contributed by atoms with van der Waals surface area (Å²) >= 11 is 0. The number of ether oxygens (including phenoxy) is 1. The first kappa shape index (κ1) is 22.7. The molecule has 0 saturated carbocycles. The average molecular weight is 436 g/mol. The van der Waals surface area contributed by atoms with Gasteiger partial charge < -0.3 is 14.5 Å². The fraction of sp³-hybridized carbons (Fsp3) is 0.519. The second-order valence-electron chi connectivity index (χ2n) is 8.99. The maximum Gasteiger partial charge on any atom is 0.222 e. The number of hydrogen-bond donors (Lipinski definition) is 0. The number of amides is 1. The highest BCUT2D eigenvalue weighted by Crippen LogP contribution is 2.28. The van der Waals surface area contributed by atoms with Gasteiger partial charge in [0.05, 0.1) is 7.11 Å². The summed E-state index contributed by atoms with van der Waals surface area (Å²) < 4.78 is 5.42. The molecule has 0 radical (unpaired) electrons. The first-order valence-electron chi connectivity index (χ1n) is 12.2. The summed E-state index contributed by atoms with van der Waals surface area (Å²) in [7, 11) is 1.72. The summed E-state index contributed by atoms with van der Waals surface area (Å²) in [4.78, 5) is 20.0. The summed E-state index contributed by atoms with van der Waals surface area (Å²) in [5.74, 6) is 1.20. The van der Waals surface area contributed by atoms with Gasteiger partial charge in [0, 0.05) is 50.9 Å². The predicted molar refractivity (Wildman–Crippen MR) is 131 cm³/mol. The summed E-state index contributed by atoms with van der Waals surface area (Å²) in [6, 6.07) is 17.4. The van der Waals surface area contributed by atoms with Gasteiger partial charge in [-0.15, -0.1) is 0 Å². The highest BCUT2D eigenvalue weighted by molar-refractivity contribution is 5.76. The van der Waals surface area contributed by atoms with E-state index in [1.165, 1.54) is 16.8 Å². The monoisotopic (exact) mass is 435 g/mol. The van der Waals surface area contributed by atoms with Gasteiger partial charge in [0.15, 0.2) is 0 Å². The average Bonchev–Trinajstić information content (AvgIpc) is 2.86. The van der Waals surface area contributed by atoms with Gasteiger partial charge in [-0.2, -0.15) is 0 Å². The van der Waals surface area contributed by atoms with Crippen molar-refractivity contribution in [3.63, 3.8) is 0 Å². The molecule has 1 atom stereocenters. The number of fused-ring (bicyclic) bond motifs is 1. The van der Waals surface area contributed by atoms with Crippen molar-refractivity contribution in [3.8, 4) is 5.75 Å². The van der Waals surface area contributed by atoms with Crippen LogP contribution in [0.5, 0.6) is 5.75 Å². The van der Waals surface area contributed by atoms with Crippen LogP contribution < -0.4 is 9.64 Å². The highest BCUT2D eigenvalue weighted by atomic mass is 16.5. The molecular formula is C27H37N3O2. The van der Waals surface area contributed by atoms with Crippen molar-refractivity contribution in [1.29, 1.82) is 0 Å². The van der Waals surface area contributed by atoms with Crippen LogP contribution >= 0.6 is 0 Å². The van der Waals surface area contributed by atoms with E-state index in [1.54, 1.807) is 7.11 Å². The Bertz CT molecular complexity index is 878. The Balaban J connectivity index is 1.29. The number of para-hydroxylation sites is 1. The topological polar surface area (TPSA) is 36.0 Å². The molecule has 0 N–H and O–H groups in total. The van der Waals surface area contributed by atoms with Crippen LogP contribution in [0.4, 0.5) is 5.69 Å². The van der Waals surface area contributed by atoms with Crippen molar-refractivity contribution in [1.82, 2.24) is 9.80 Å². The lowest BCUT2D eigenvalue weighted by atomic mass is 9.87. The molecule has 0 spiro atoms. The number of methoxy groups -OCH3 is 1. The summed E-state index contributed by atoms with van der Waals surface area (Å²) in [5.41, 5.74) is 4.06. The fourth-order valence-electron chi connectivity index (χ4n) is 5.15. The Hall–Kier alpha value is -2.53. The van der Waals surface area contributed by atoms with Crippen molar-refractivity contribution in [2.24, 2.45) is 0 Å². The third-order valence-electron chi connectivity index (χ3n) is 7.05. The van der Waals surface area contributed by atoms with Crippen LogP contribution in [0.2, 0.25) is 0 Å². The van der Waals surface area contributed by atoms with Gasteiger partial charge in [-0.1, -0.05) is 31.2 Å². The molecule has 1 unspecified atom stereocenters.